The van der Waals surface area contributed by atoms with Crippen molar-refractivity contribution in [2.45, 2.75) is 26.0 Å². The van der Waals surface area contributed by atoms with E-state index < -0.39 is 29.7 Å². The maximum Gasteiger partial charge on any atom is 0.265 e. The van der Waals surface area contributed by atoms with Gasteiger partial charge < -0.3 is 10.2 Å². The summed E-state index contributed by atoms with van der Waals surface area (Å²) in [5.74, 6) is -2.23. The highest BCUT2D eigenvalue weighted by molar-refractivity contribution is 6.39. The van der Waals surface area contributed by atoms with Gasteiger partial charge in [-0.25, -0.2) is 4.90 Å². The van der Waals surface area contributed by atoms with Gasteiger partial charge in [-0.2, -0.15) is 0 Å². The van der Waals surface area contributed by atoms with Crippen LogP contribution in [0.1, 0.15) is 60.3 Å². The minimum atomic E-state index is -0.666. The Hall–Kier alpha value is -3.88. The van der Waals surface area contributed by atoms with Crippen LogP contribution in [-0.4, -0.2) is 51.4 Å². The van der Waals surface area contributed by atoms with Gasteiger partial charge in [-0.3, -0.25) is 24.1 Å². The fourth-order valence-corrected chi connectivity index (χ4v) is 4.60. The zero-order valence-corrected chi connectivity index (χ0v) is 17.7. The van der Waals surface area contributed by atoms with Gasteiger partial charge in [0.15, 0.2) is 0 Å². The largest absolute Gasteiger partial charge is 0.394 e. The third-order valence-electron chi connectivity index (χ3n) is 6.35. The highest BCUT2D eigenvalue weighted by Gasteiger charge is 2.41. The number of nitrogens with zero attached hydrogens (tertiary/aromatic N) is 2. The van der Waals surface area contributed by atoms with Crippen molar-refractivity contribution in [1.82, 2.24) is 4.90 Å². The minimum absolute atomic E-state index is 0.163. The number of anilines is 1. The smallest absolute Gasteiger partial charge is 0.265 e. The lowest BCUT2D eigenvalue weighted by Gasteiger charge is -2.34. The molecule has 33 heavy (non-hydrogen) atoms. The molecule has 5 rings (SSSR count). The lowest BCUT2D eigenvalue weighted by atomic mass is 9.85. The molecule has 4 amide bonds. The van der Waals surface area contributed by atoms with Gasteiger partial charge in [0.25, 0.3) is 23.6 Å². The molecular formula is C25H20N2O6. The van der Waals surface area contributed by atoms with E-state index in [1.54, 1.807) is 31.2 Å². The third-order valence-corrected chi connectivity index (χ3v) is 6.35. The first-order valence-corrected chi connectivity index (χ1v) is 10.6. The number of aliphatic hydroxyl groups is 2. The molecule has 3 aromatic rings. The first-order valence-electron chi connectivity index (χ1n) is 10.6. The van der Waals surface area contributed by atoms with Gasteiger partial charge in [0.1, 0.15) is 0 Å². The van der Waals surface area contributed by atoms with Gasteiger partial charge in [-0.05, 0) is 48.4 Å². The molecule has 2 aliphatic rings. The fraction of sp³-hybridized carbons (Fsp3) is 0.200. The third kappa shape index (κ3) is 2.84. The van der Waals surface area contributed by atoms with E-state index in [2.05, 4.69) is 0 Å². The summed E-state index contributed by atoms with van der Waals surface area (Å²) in [4.78, 5) is 55.3. The Morgan fingerprint density at radius 2 is 1.15 bits per heavy atom. The number of imide groups is 2. The van der Waals surface area contributed by atoms with Crippen LogP contribution in [0.15, 0.2) is 48.5 Å². The molecule has 3 aromatic carbocycles. The van der Waals surface area contributed by atoms with E-state index in [1.807, 2.05) is 0 Å². The molecule has 1 atom stereocenters. The maximum atomic E-state index is 13.4. The Labute approximate surface area is 188 Å². The molecule has 0 bridgehead atoms. The normalized spacial score (nSPS) is 16.1. The predicted octanol–water partition coefficient (Wildman–Crippen LogP) is 2.50. The number of aliphatic hydroxyl groups excluding tert-OH is 2. The number of hydrogen-bond donors (Lipinski definition) is 2. The molecule has 2 heterocycles. The second kappa shape index (κ2) is 7.61. The molecule has 2 aliphatic heterocycles. The average Bonchev–Trinajstić information content (AvgIpc) is 2.84. The first-order chi connectivity index (χ1) is 15.9. The van der Waals surface area contributed by atoms with E-state index in [0.717, 1.165) is 9.80 Å². The van der Waals surface area contributed by atoms with Crippen LogP contribution in [0, 0.1) is 0 Å². The lowest BCUT2D eigenvalue weighted by Crippen LogP contribution is -2.49. The van der Waals surface area contributed by atoms with Gasteiger partial charge >= 0.3 is 0 Å². The SMILES string of the molecule is CCC(CO)N1C(=O)c2ccc3c4c(ccc(c24)C1=O)C(=O)N(c1ccc(CO)cc1)C3=O. The van der Waals surface area contributed by atoms with Crippen molar-refractivity contribution in [3.63, 3.8) is 0 Å². The summed E-state index contributed by atoms with van der Waals surface area (Å²) in [5, 5.41) is 19.5. The van der Waals surface area contributed by atoms with Crippen molar-refractivity contribution in [2.75, 3.05) is 11.5 Å². The molecular weight excluding hydrogens is 424 g/mol. The van der Waals surface area contributed by atoms with Crippen LogP contribution >= 0.6 is 0 Å². The van der Waals surface area contributed by atoms with Crippen molar-refractivity contribution in [1.29, 1.82) is 0 Å². The number of benzene rings is 3. The predicted molar refractivity (Wildman–Crippen MR) is 119 cm³/mol. The van der Waals surface area contributed by atoms with Crippen LogP contribution in [0.2, 0.25) is 0 Å². The highest BCUT2D eigenvalue weighted by atomic mass is 16.3. The first kappa shape index (κ1) is 21.0. The van der Waals surface area contributed by atoms with Crippen LogP contribution in [-0.2, 0) is 6.61 Å². The molecule has 0 radical (unpaired) electrons. The number of hydrogen-bond acceptors (Lipinski definition) is 6. The summed E-state index contributed by atoms with van der Waals surface area (Å²) in [5.41, 5.74) is 1.88. The Bertz CT molecular complexity index is 1290. The van der Waals surface area contributed by atoms with Gasteiger partial charge in [0.05, 0.1) is 24.9 Å². The molecule has 0 aromatic heterocycles. The van der Waals surface area contributed by atoms with Crippen LogP contribution in [0.25, 0.3) is 10.8 Å². The molecule has 0 saturated heterocycles. The maximum absolute atomic E-state index is 13.4. The van der Waals surface area contributed by atoms with E-state index in [1.165, 1.54) is 24.3 Å². The molecule has 1 unspecified atom stereocenters. The van der Waals surface area contributed by atoms with Crippen LogP contribution in [0.5, 0.6) is 0 Å². The molecule has 0 fully saturated rings. The van der Waals surface area contributed by atoms with Crippen LogP contribution in [0.3, 0.4) is 0 Å². The monoisotopic (exact) mass is 444 g/mol. The Morgan fingerprint density at radius 3 is 1.55 bits per heavy atom. The molecule has 0 saturated carbocycles. The summed E-state index contributed by atoms with van der Waals surface area (Å²) in [6, 6.07) is 11.8. The number of amides is 4. The van der Waals surface area contributed by atoms with E-state index in [-0.39, 0.29) is 35.5 Å². The molecule has 8 heteroatoms. The fourth-order valence-electron chi connectivity index (χ4n) is 4.60. The zero-order valence-electron chi connectivity index (χ0n) is 17.7. The quantitative estimate of drug-likeness (QED) is 0.585. The Balaban J connectivity index is 1.70. The van der Waals surface area contributed by atoms with Crippen molar-refractivity contribution in [3.05, 3.63) is 76.3 Å². The van der Waals surface area contributed by atoms with E-state index in [4.69, 9.17) is 0 Å². The van der Waals surface area contributed by atoms with Gasteiger partial charge in [-0.1, -0.05) is 19.1 Å². The summed E-state index contributed by atoms with van der Waals surface area (Å²) in [6.45, 7) is 1.25. The second-order valence-corrected chi connectivity index (χ2v) is 8.07. The molecule has 166 valence electrons. The van der Waals surface area contributed by atoms with E-state index in [0.29, 0.717) is 28.4 Å². The summed E-state index contributed by atoms with van der Waals surface area (Å²) < 4.78 is 0. The number of carbonyl (C=O) groups is 4. The second-order valence-electron chi connectivity index (χ2n) is 8.07. The molecule has 8 nitrogen and oxygen atoms in total. The number of rotatable bonds is 5. The average molecular weight is 444 g/mol. The molecule has 2 N–H and O–H groups in total. The summed E-state index contributed by atoms with van der Waals surface area (Å²) in [7, 11) is 0. The Morgan fingerprint density at radius 1 is 0.697 bits per heavy atom. The summed E-state index contributed by atoms with van der Waals surface area (Å²) >= 11 is 0. The standard InChI is InChI=1S/C25H20N2O6/c1-2-14(12-29)26-22(30)16-7-9-18-21-19(10-8-17(20(16)21)23(26)31)25(33)27(24(18)32)15-5-3-13(11-28)4-6-15/h3-10,14,28-29H,2,11-12H2,1H3. The van der Waals surface area contributed by atoms with E-state index in [9.17, 15) is 29.4 Å². The van der Waals surface area contributed by atoms with Crippen molar-refractivity contribution in [2.24, 2.45) is 0 Å². The van der Waals surface area contributed by atoms with Crippen LogP contribution < -0.4 is 4.90 Å². The van der Waals surface area contributed by atoms with Gasteiger partial charge in [0.2, 0.25) is 0 Å². The van der Waals surface area contributed by atoms with Crippen molar-refractivity contribution >= 4 is 40.1 Å². The van der Waals surface area contributed by atoms with Gasteiger partial charge in [0, 0.05) is 33.0 Å². The number of carbonyl (C=O) groups excluding carboxylic acids is 4. The lowest BCUT2D eigenvalue weighted by molar-refractivity contribution is 0.0465. The minimum Gasteiger partial charge on any atom is -0.394 e. The van der Waals surface area contributed by atoms with E-state index >= 15 is 0 Å². The summed E-state index contributed by atoms with van der Waals surface area (Å²) in [6.07, 6.45) is 0.392. The topological polar surface area (TPSA) is 115 Å². The zero-order chi connectivity index (χ0) is 23.4. The highest BCUT2D eigenvalue weighted by Crippen LogP contribution is 2.39. The van der Waals surface area contributed by atoms with Crippen LogP contribution in [0.4, 0.5) is 5.69 Å². The van der Waals surface area contributed by atoms with Crippen molar-refractivity contribution < 1.29 is 29.4 Å². The molecule has 0 spiro atoms. The Kier molecular flexibility index (Phi) is 4.84. The van der Waals surface area contributed by atoms with Crippen molar-refractivity contribution in [3.8, 4) is 0 Å². The molecule has 0 aliphatic carbocycles. The van der Waals surface area contributed by atoms with Gasteiger partial charge in [-0.15, -0.1) is 0 Å².